The third-order valence-electron chi connectivity index (χ3n) is 4.60. The van der Waals surface area contributed by atoms with Crippen LogP contribution < -0.4 is 5.32 Å². The molecule has 3 rings (SSSR count). The Labute approximate surface area is 162 Å². The molecule has 0 aliphatic carbocycles. The number of carbonyl (C=O) groups is 1. The summed E-state index contributed by atoms with van der Waals surface area (Å²) >= 11 is 0. The highest BCUT2D eigenvalue weighted by atomic mass is 32.2. The Morgan fingerprint density at radius 3 is 2.21 bits per heavy atom. The van der Waals surface area contributed by atoms with Crippen LogP contribution in [0.4, 0.5) is 14.5 Å². The fourth-order valence-electron chi connectivity index (χ4n) is 3.02. The molecule has 0 radical (unpaired) electrons. The molecular weight excluding hydrogens is 388 g/mol. The molecule has 0 saturated carbocycles. The lowest BCUT2D eigenvalue weighted by atomic mass is 10.1. The van der Waals surface area contributed by atoms with E-state index in [9.17, 15) is 22.0 Å². The summed E-state index contributed by atoms with van der Waals surface area (Å²) in [6.45, 7) is 2.88. The zero-order valence-electron chi connectivity index (χ0n) is 15.4. The summed E-state index contributed by atoms with van der Waals surface area (Å²) < 4.78 is 50.7. The predicted octanol–water partition coefficient (Wildman–Crippen LogP) is 2.29. The van der Waals surface area contributed by atoms with Crippen LogP contribution in [0.3, 0.4) is 0 Å². The highest BCUT2D eigenvalue weighted by Gasteiger charge is 2.23. The maximum absolute atomic E-state index is 13.2. The van der Waals surface area contributed by atoms with Crippen molar-refractivity contribution >= 4 is 21.6 Å². The first-order valence-electron chi connectivity index (χ1n) is 8.75. The monoisotopic (exact) mass is 409 g/mol. The van der Waals surface area contributed by atoms with Gasteiger partial charge in [-0.25, -0.2) is 17.2 Å². The molecule has 1 heterocycles. The lowest BCUT2D eigenvalue weighted by molar-refractivity contribution is 0.102. The van der Waals surface area contributed by atoms with Crippen molar-refractivity contribution < 1.29 is 22.0 Å². The van der Waals surface area contributed by atoms with Crippen molar-refractivity contribution in [2.45, 2.75) is 6.54 Å². The van der Waals surface area contributed by atoms with Gasteiger partial charge in [0.2, 0.25) is 10.0 Å². The molecule has 28 heavy (non-hydrogen) atoms. The van der Waals surface area contributed by atoms with Gasteiger partial charge in [0.1, 0.15) is 0 Å². The second-order valence-corrected chi connectivity index (χ2v) is 8.70. The quantitative estimate of drug-likeness (QED) is 0.823. The number of halogens is 2. The number of sulfonamides is 1. The highest BCUT2D eigenvalue weighted by Crippen LogP contribution is 2.16. The smallest absolute Gasteiger partial charge is 0.255 e. The van der Waals surface area contributed by atoms with Crippen molar-refractivity contribution in [3.63, 3.8) is 0 Å². The minimum atomic E-state index is -3.15. The van der Waals surface area contributed by atoms with Crippen LogP contribution in [0.5, 0.6) is 0 Å². The van der Waals surface area contributed by atoms with Crippen LogP contribution in [0.1, 0.15) is 15.9 Å². The average Bonchev–Trinajstić information content (AvgIpc) is 2.65. The normalized spacial score (nSPS) is 16.1. The van der Waals surface area contributed by atoms with E-state index >= 15 is 0 Å². The molecule has 9 heteroatoms. The van der Waals surface area contributed by atoms with Crippen molar-refractivity contribution in [1.82, 2.24) is 9.21 Å². The van der Waals surface area contributed by atoms with E-state index in [0.29, 0.717) is 38.3 Å². The summed E-state index contributed by atoms with van der Waals surface area (Å²) in [5, 5.41) is 2.53. The molecule has 6 nitrogen and oxygen atoms in total. The van der Waals surface area contributed by atoms with Gasteiger partial charge < -0.3 is 5.32 Å². The van der Waals surface area contributed by atoms with Crippen LogP contribution >= 0.6 is 0 Å². The summed E-state index contributed by atoms with van der Waals surface area (Å²) in [7, 11) is -3.15. The van der Waals surface area contributed by atoms with Gasteiger partial charge in [-0.1, -0.05) is 12.1 Å². The molecular formula is C19H21F2N3O3S. The Kier molecular flexibility index (Phi) is 6.07. The zero-order chi connectivity index (χ0) is 20.3. The Morgan fingerprint density at radius 2 is 1.64 bits per heavy atom. The summed E-state index contributed by atoms with van der Waals surface area (Å²) in [5.41, 5.74) is 1.57. The SMILES string of the molecule is CS(=O)(=O)N1CCN(Cc2ccc(C(=O)Nc3ccc(F)c(F)c3)cc2)CC1. The Hall–Kier alpha value is -2.36. The summed E-state index contributed by atoms with van der Waals surface area (Å²) in [5.74, 6) is -2.41. The van der Waals surface area contributed by atoms with Crippen LogP contribution in [0.25, 0.3) is 0 Å². The molecule has 1 N–H and O–H groups in total. The highest BCUT2D eigenvalue weighted by molar-refractivity contribution is 7.88. The van der Waals surface area contributed by atoms with Crippen molar-refractivity contribution in [3.8, 4) is 0 Å². The van der Waals surface area contributed by atoms with Crippen LogP contribution in [0, 0.1) is 11.6 Å². The van der Waals surface area contributed by atoms with Gasteiger partial charge >= 0.3 is 0 Å². The van der Waals surface area contributed by atoms with E-state index in [1.165, 1.54) is 16.6 Å². The summed E-state index contributed by atoms with van der Waals surface area (Å²) in [4.78, 5) is 14.4. The van der Waals surface area contributed by atoms with Crippen LogP contribution in [0.2, 0.25) is 0 Å². The van der Waals surface area contributed by atoms with Gasteiger partial charge in [-0.3, -0.25) is 9.69 Å². The molecule has 150 valence electrons. The number of rotatable bonds is 5. The van der Waals surface area contributed by atoms with Gasteiger partial charge in [0.05, 0.1) is 6.26 Å². The van der Waals surface area contributed by atoms with Crippen molar-refractivity contribution in [2.75, 3.05) is 37.8 Å². The van der Waals surface area contributed by atoms with Crippen molar-refractivity contribution in [2.24, 2.45) is 0 Å². The van der Waals surface area contributed by atoms with Crippen molar-refractivity contribution in [1.29, 1.82) is 0 Å². The van der Waals surface area contributed by atoms with Gasteiger partial charge in [0.25, 0.3) is 5.91 Å². The fourth-order valence-corrected chi connectivity index (χ4v) is 3.84. The third kappa shape index (κ3) is 5.12. The van der Waals surface area contributed by atoms with E-state index in [2.05, 4.69) is 10.2 Å². The first-order valence-corrected chi connectivity index (χ1v) is 10.6. The van der Waals surface area contributed by atoms with Gasteiger partial charge in [0, 0.05) is 50.0 Å². The Balaban J connectivity index is 1.56. The molecule has 1 aliphatic rings. The maximum atomic E-state index is 13.2. The number of hydrogen-bond acceptors (Lipinski definition) is 4. The van der Waals surface area contributed by atoms with Crippen molar-refractivity contribution in [3.05, 3.63) is 65.2 Å². The Morgan fingerprint density at radius 1 is 1.00 bits per heavy atom. The number of nitrogens with one attached hydrogen (secondary N) is 1. The number of carbonyl (C=O) groups excluding carboxylic acids is 1. The predicted molar refractivity (Wildman–Crippen MR) is 102 cm³/mol. The van der Waals surface area contributed by atoms with Crippen LogP contribution in [0.15, 0.2) is 42.5 Å². The van der Waals surface area contributed by atoms with E-state index in [1.807, 2.05) is 12.1 Å². The molecule has 1 saturated heterocycles. The first kappa shape index (κ1) is 20.4. The maximum Gasteiger partial charge on any atom is 0.255 e. The minimum Gasteiger partial charge on any atom is -0.322 e. The number of piperazine rings is 1. The fraction of sp³-hybridized carbons (Fsp3) is 0.316. The van der Waals surface area contributed by atoms with E-state index in [-0.39, 0.29) is 5.69 Å². The number of anilines is 1. The topological polar surface area (TPSA) is 69.7 Å². The molecule has 0 aromatic heterocycles. The number of nitrogens with zero attached hydrogens (tertiary/aromatic N) is 2. The third-order valence-corrected chi connectivity index (χ3v) is 5.90. The van der Waals surface area contributed by atoms with E-state index < -0.39 is 27.6 Å². The molecule has 2 aromatic rings. The van der Waals surface area contributed by atoms with Gasteiger partial charge in [-0.05, 0) is 29.8 Å². The molecule has 1 amide bonds. The van der Waals surface area contributed by atoms with Crippen LogP contribution in [-0.4, -0.2) is 56.0 Å². The standard InChI is InChI=1S/C19H21F2N3O3S/c1-28(26,27)24-10-8-23(9-11-24)13-14-2-4-15(5-3-14)19(25)22-16-6-7-17(20)18(21)12-16/h2-7,12H,8-11,13H2,1H3,(H,22,25). The van der Waals surface area contributed by atoms with E-state index in [1.54, 1.807) is 12.1 Å². The first-order chi connectivity index (χ1) is 13.2. The Bertz CT molecular complexity index is 957. The molecule has 1 aliphatic heterocycles. The van der Waals surface area contributed by atoms with Gasteiger partial charge in [-0.15, -0.1) is 0 Å². The summed E-state index contributed by atoms with van der Waals surface area (Å²) in [6, 6.07) is 10.1. The summed E-state index contributed by atoms with van der Waals surface area (Å²) in [6.07, 6.45) is 1.22. The number of amides is 1. The lowest BCUT2D eigenvalue weighted by Gasteiger charge is -2.33. The van der Waals surface area contributed by atoms with Gasteiger partial charge in [-0.2, -0.15) is 4.31 Å². The molecule has 0 atom stereocenters. The molecule has 0 unspecified atom stereocenters. The van der Waals surface area contributed by atoms with E-state index in [4.69, 9.17) is 0 Å². The second kappa shape index (κ2) is 8.34. The van der Waals surface area contributed by atoms with Crippen LogP contribution in [-0.2, 0) is 16.6 Å². The number of hydrogen-bond donors (Lipinski definition) is 1. The lowest BCUT2D eigenvalue weighted by Crippen LogP contribution is -2.47. The minimum absolute atomic E-state index is 0.178. The molecule has 2 aromatic carbocycles. The average molecular weight is 409 g/mol. The molecule has 0 spiro atoms. The number of benzene rings is 2. The molecule has 0 bridgehead atoms. The zero-order valence-corrected chi connectivity index (χ0v) is 16.2. The van der Waals surface area contributed by atoms with Gasteiger partial charge in [0.15, 0.2) is 11.6 Å². The second-order valence-electron chi connectivity index (χ2n) is 6.72. The van der Waals surface area contributed by atoms with E-state index in [0.717, 1.165) is 17.7 Å². The largest absolute Gasteiger partial charge is 0.322 e. The molecule has 1 fully saturated rings.